The molecule has 3 heterocycles. The fraction of sp³-hybridized carbons (Fsp3) is 0.350. The fourth-order valence-corrected chi connectivity index (χ4v) is 4.03. The average molecular weight is 494 g/mol. The third-order valence-electron chi connectivity index (χ3n) is 5.43. The lowest BCUT2D eigenvalue weighted by Crippen LogP contribution is -2.43. The number of aryl methyl sites for hydroxylation is 1. The fourth-order valence-electron chi connectivity index (χ4n) is 3.77. The van der Waals surface area contributed by atoms with Crippen LogP contribution in [-0.2, 0) is 27.0 Å². The zero-order chi connectivity index (χ0) is 24.5. The van der Waals surface area contributed by atoms with Gasteiger partial charge in [0.1, 0.15) is 0 Å². The highest BCUT2D eigenvalue weighted by Gasteiger charge is 2.33. The van der Waals surface area contributed by atoms with Crippen LogP contribution in [0.3, 0.4) is 0 Å². The van der Waals surface area contributed by atoms with E-state index in [4.69, 9.17) is 9.79 Å². The first-order valence-electron chi connectivity index (χ1n) is 10.3. The van der Waals surface area contributed by atoms with Gasteiger partial charge >= 0.3 is 7.82 Å². The molecule has 34 heavy (non-hydrogen) atoms. The number of phosphoric ester groups is 1. The largest absolute Gasteiger partial charge is 0.471 e. The summed E-state index contributed by atoms with van der Waals surface area (Å²) in [4.78, 5) is 37.3. The minimum absolute atomic E-state index is 0.0413. The molecule has 1 aliphatic rings. The molecule has 2 aromatic heterocycles. The Morgan fingerprint density at radius 2 is 1.97 bits per heavy atom. The van der Waals surface area contributed by atoms with Gasteiger partial charge in [-0.15, -0.1) is 5.10 Å². The quantitative estimate of drug-likeness (QED) is 0.473. The number of carbonyl (C=O) groups excluding carboxylic acids is 1. The van der Waals surface area contributed by atoms with E-state index in [0.29, 0.717) is 29.5 Å². The van der Waals surface area contributed by atoms with Crippen molar-refractivity contribution in [2.45, 2.75) is 32.9 Å². The van der Waals surface area contributed by atoms with Crippen molar-refractivity contribution in [2.24, 2.45) is 5.92 Å². The first-order chi connectivity index (χ1) is 16.1. The van der Waals surface area contributed by atoms with Crippen LogP contribution < -0.4 is 4.90 Å². The van der Waals surface area contributed by atoms with Crippen molar-refractivity contribution in [3.63, 3.8) is 0 Å². The van der Waals surface area contributed by atoms with Crippen molar-refractivity contribution in [3.05, 3.63) is 53.4 Å². The Bertz CT molecular complexity index is 1270. The summed E-state index contributed by atoms with van der Waals surface area (Å²) in [5, 5.41) is 11.9. The smallest absolute Gasteiger partial charge is 0.303 e. The molecular formula is C20H21F2N6O5P. The molecule has 0 saturated carbocycles. The zero-order valence-corrected chi connectivity index (χ0v) is 18.9. The van der Waals surface area contributed by atoms with Gasteiger partial charge in [-0.3, -0.25) is 14.2 Å². The number of rotatable bonds is 7. The van der Waals surface area contributed by atoms with Gasteiger partial charge in [0, 0.05) is 18.0 Å². The van der Waals surface area contributed by atoms with Gasteiger partial charge in [-0.1, -0.05) is 6.07 Å². The molecule has 4 rings (SSSR count). The van der Waals surface area contributed by atoms with E-state index in [1.807, 2.05) is 0 Å². The second kappa shape index (κ2) is 9.63. The molecule has 1 unspecified atom stereocenters. The number of phosphoric acid groups is 1. The van der Waals surface area contributed by atoms with Crippen molar-refractivity contribution >= 4 is 19.7 Å². The number of aromatic nitrogens is 5. The standard InChI is InChI=1S/C20H21F2N6O5P/c1-12-9-23-24-10-15(12)18-25-20(28(26-18)11-33-34(30,31)32)27-6-2-3-14(19(27)29)7-13-4-5-16(21)17(22)8-13/h4-5,8-10,14H,2-3,6-7,11H2,1H3,(H2,30,31,32). The molecule has 11 nitrogen and oxygen atoms in total. The lowest BCUT2D eigenvalue weighted by Gasteiger charge is -2.31. The monoisotopic (exact) mass is 494 g/mol. The highest BCUT2D eigenvalue weighted by Crippen LogP contribution is 2.37. The first kappa shape index (κ1) is 24.0. The van der Waals surface area contributed by atoms with Crippen LogP contribution >= 0.6 is 7.82 Å². The maximum absolute atomic E-state index is 13.6. The Kier molecular flexibility index (Phi) is 6.80. The number of anilines is 1. The average Bonchev–Trinajstić information content (AvgIpc) is 3.20. The second-order valence-electron chi connectivity index (χ2n) is 7.85. The summed E-state index contributed by atoms with van der Waals surface area (Å²) in [5.41, 5.74) is 1.70. The minimum Gasteiger partial charge on any atom is -0.303 e. The summed E-state index contributed by atoms with van der Waals surface area (Å²) in [5.74, 6) is -2.59. The van der Waals surface area contributed by atoms with Gasteiger partial charge in [0.2, 0.25) is 11.9 Å². The Balaban J connectivity index is 1.65. The molecule has 0 bridgehead atoms. The third kappa shape index (κ3) is 5.33. The van der Waals surface area contributed by atoms with Crippen LogP contribution in [0.2, 0.25) is 0 Å². The van der Waals surface area contributed by atoms with Gasteiger partial charge in [-0.05, 0) is 49.4 Å². The predicted octanol–water partition coefficient (Wildman–Crippen LogP) is 2.37. The molecule has 1 amide bonds. The molecule has 180 valence electrons. The topological polar surface area (TPSA) is 144 Å². The van der Waals surface area contributed by atoms with E-state index in [1.165, 1.54) is 23.4 Å². The highest BCUT2D eigenvalue weighted by atomic mass is 31.2. The van der Waals surface area contributed by atoms with Crippen LogP contribution in [0, 0.1) is 24.5 Å². The van der Waals surface area contributed by atoms with E-state index >= 15 is 0 Å². The van der Waals surface area contributed by atoms with Gasteiger partial charge in [0.15, 0.2) is 24.2 Å². The summed E-state index contributed by atoms with van der Waals surface area (Å²) in [7, 11) is -4.83. The van der Waals surface area contributed by atoms with Crippen LogP contribution in [0.1, 0.15) is 24.0 Å². The van der Waals surface area contributed by atoms with Gasteiger partial charge < -0.3 is 9.79 Å². The minimum atomic E-state index is -4.83. The molecule has 1 fully saturated rings. The van der Waals surface area contributed by atoms with Crippen LogP contribution in [-0.4, -0.2) is 47.2 Å². The Morgan fingerprint density at radius 1 is 1.21 bits per heavy atom. The van der Waals surface area contributed by atoms with Crippen molar-refractivity contribution in [2.75, 3.05) is 11.4 Å². The summed E-state index contributed by atoms with van der Waals surface area (Å²) < 4.78 is 43.8. The van der Waals surface area contributed by atoms with Crippen molar-refractivity contribution in [1.82, 2.24) is 25.0 Å². The number of piperidine rings is 1. The van der Waals surface area contributed by atoms with E-state index in [1.54, 1.807) is 6.92 Å². The zero-order valence-electron chi connectivity index (χ0n) is 18.0. The molecular weight excluding hydrogens is 473 g/mol. The summed E-state index contributed by atoms with van der Waals surface area (Å²) in [6.45, 7) is 1.40. The molecule has 0 aliphatic carbocycles. The third-order valence-corrected chi connectivity index (χ3v) is 5.88. The van der Waals surface area contributed by atoms with Crippen molar-refractivity contribution in [1.29, 1.82) is 0 Å². The molecule has 0 spiro atoms. The molecule has 1 aromatic carbocycles. The van der Waals surface area contributed by atoms with E-state index < -0.39 is 32.1 Å². The summed E-state index contributed by atoms with van der Waals surface area (Å²) in [6, 6.07) is 3.51. The molecule has 1 aliphatic heterocycles. The lowest BCUT2D eigenvalue weighted by atomic mass is 9.90. The molecule has 2 N–H and O–H groups in total. The Labute approximate surface area is 192 Å². The number of amides is 1. The molecule has 0 radical (unpaired) electrons. The van der Waals surface area contributed by atoms with E-state index in [-0.39, 0.29) is 30.6 Å². The molecule has 3 aromatic rings. The number of nitrogens with zero attached hydrogens (tertiary/aromatic N) is 6. The van der Waals surface area contributed by atoms with E-state index in [0.717, 1.165) is 16.8 Å². The van der Waals surface area contributed by atoms with Crippen molar-refractivity contribution < 1.29 is 32.5 Å². The summed E-state index contributed by atoms with van der Waals surface area (Å²) in [6.07, 6.45) is 4.26. The summed E-state index contributed by atoms with van der Waals surface area (Å²) >= 11 is 0. The number of carbonyl (C=O) groups is 1. The molecule has 1 atom stereocenters. The van der Waals surface area contributed by atoms with Gasteiger partial charge in [0.25, 0.3) is 0 Å². The second-order valence-corrected chi connectivity index (χ2v) is 9.09. The van der Waals surface area contributed by atoms with Crippen LogP contribution in [0.15, 0.2) is 30.6 Å². The number of hydrogen-bond acceptors (Lipinski definition) is 7. The molecule has 1 saturated heterocycles. The van der Waals surface area contributed by atoms with Gasteiger partial charge in [-0.25, -0.2) is 18.0 Å². The normalized spacial score (nSPS) is 16.8. The molecule has 14 heteroatoms. The number of benzene rings is 1. The lowest BCUT2D eigenvalue weighted by molar-refractivity contribution is -0.123. The van der Waals surface area contributed by atoms with Crippen LogP contribution in [0.25, 0.3) is 11.4 Å². The number of hydrogen-bond donors (Lipinski definition) is 2. The van der Waals surface area contributed by atoms with Gasteiger partial charge in [0.05, 0.1) is 12.4 Å². The van der Waals surface area contributed by atoms with Crippen molar-refractivity contribution in [3.8, 4) is 11.4 Å². The maximum atomic E-state index is 13.6. The Morgan fingerprint density at radius 3 is 2.68 bits per heavy atom. The highest BCUT2D eigenvalue weighted by molar-refractivity contribution is 7.46. The first-order valence-corrected chi connectivity index (χ1v) is 11.8. The SMILES string of the molecule is Cc1cnncc1-c1nc(N2CCCC(Cc3ccc(F)c(F)c3)C2=O)n(COP(=O)(O)O)n1. The van der Waals surface area contributed by atoms with Crippen LogP contribution in [0.4, 0.5) is 14.7 Å². The predicted molar refractivity (Wildman–Crippen MR) is 114 cm³/mol. The van der Waals surface area contributed by atoms with Crippen LogP contribution in [0.5, 0.6) is 0 Å². The Hall–Kier alpha value is -3.12. The van der Waals surface area contributed by atoms with Gasteiger partial charge in [-0.2, -0.15) is 15.2 Å². The maximum Gasteiger partial charge on any atom is 0.471 e. The van der Waals surface area contributed by atoms with E-state index in [2.05, 4.69) is 24.8 Å². The number of halogens is 2. The van der Waals surface area contributed by atoms with E-state index in [9.17, 15) is 18.1 Å².